The van der Waals surface area contributed by atoms with Crippen molar-refractivity contribution in [3.05, 3.63) is 64.4 Å². The molecular formula is C15H14ClNO3. The highest BCUT2D eigenvalue weighted by Gasteiger charge is 2.05. The zero-order valence-electron chi connectivity index (χ0n) is 11.0. The van der Waals surface area contributed by atoms with Gasteiger partial charge in [-0.05, 0) is 29.8 Å². The number of halogens is 1. The minimum Gasteiger partial charge on any atom is -0.465 e. The summed E-state index contributed by atoms with van der Waals surface area (Å²) in [5.41, 5.74) is 2.18. The second kappa shape index (κ2) is 7.03. The largest absolute Gasteiger partial charge is 0.465 e. The van der Waals surface area contributed by atoms with E-state index in [2.05, 4.69) is 9.72 Å². The number of carbonyl (C=O) groups is 1. The Morgan fingerprint density at radius 1 is 1.25 bits per heavy atom. The summed E-state index contributed by atoms with van der Waals surface area (Å²) < 4.78 is 10.2. The summed E-state index contributed by atoms with van der Waals surface area (Å²) in [4.78, 5) is 15.4. The van der Waals surface area contributed by atoms with Crippen LogP contribution in [0.3, 0.4) is 0 Å². The van der Waals surface area contributed by atoms with Gasteiger partial charge in [0, 0.05) is 11.2 Å². The van der Waals surface area contributed by atoms with Gasteiger partial charge >= 0.3 is 5.97 Å². The van der Waals surface area contributed by atoms with Crippen LogP contribution in [0.15, 0.2) is 42.6 Å². The Balaban J connectivity index is 1.86. The van der Waals surface area contributed by atoms with Crippen molar-refractivity contribution in [2.45, 2.75) is 13.2 Å². The molecule has 0 aliphatic rings. The molecule has 0 saturated carbocycles. The van der Waals surface area contributed by atoms with Gasteiger partial charge < -0.3 is 9.47 Å². The SMILES string of the molecule is COC(=O)c1ccc(COCc2cccc(Cl)c2)nc1. The molecule has 0 fully saturated rings. The molecule has 104 valence electrons. The smallest absolute Gasteiger partial charge is 0.339 e. The first-order valence-corrected chi connectivity index (χ1v) is 6.42. The number of benzene rings is 1. The van der Waals surface area contributed by atoms with Gasteiger partial charge in [0.05, 0.1) is 31.6 Å². The third-order valence-electron chi connectivity index (χ3n) is 2.65. The molecule has 0 aliphatic carbocycles. The highest BCUT2D eigenvalue weighted by atomic mass is 35.5. The van der Waals surface area contributed by atoms with Gasteiger partial charge in [-0.2, -0.15) is 0 Å². The lowest BCUT2D eigenvalue weighted by atomic mass is 10.2. The topological polar surface area (TPSA) is 48.4 Å². The average molecular weight is 292 g/mol. The molecule has 0 saturated heterocycles. The molecule has 2 aromatic rings. The summed E-state index contributed by atoms with van der Waals surface area (Å²) in [6.45, 7) is 0.828. The number of hydrogen-bond donors (Lipinski definition) is 0. The maximum atomic E-state index is 11.2. The zero-order chi connectivity index (χ0) is 14.4. The molecule has 0 bridgehead atoms. The van der Waals surface area contributed by atoms with Crippen LogP contribution in [0.2, 0.25) is 5.02 Å². The zero-order valence-corrected chi connectivity index (χ0v) is 11.8. The van der Waals surface area contributed by atoms with Gasteiger partial charge in [-0.15, -0.1) is 0 Å². The monoisotopic (exact) mass is 291 g/mol. The molecule has 1 heterocycles. The van der Waals surface area contributed by atoms with Gasteiger partial charge in [0.15, 0.2) is 0 Å². The van der Waals surface area contributed by atoms with E-state index in [9.17, 15) is 4.79 Å². The second-order valence-electron chi connectivity index (χ2n) is 4.15. The summed E-state index contributed by atoms with van der Waals surface area (Å²) in [5, 5.41) is 0.687. The molecule has 0 atom stereocenters. The van der Waals surface area contributed by atoms with Crippen LogP contribution in [-0.4, -0.2) is 18.1 Å². The van der Waals surface area contributed by atoms with Gasteiger partial charge in [-0.3, -0.25) is 4.98 Å². The van der Waals surface area contributed by atoms with E-state index in [0.717, 1.165) is 11.3 Å². The number of ether oxygens (including phenoxy) is 2. The number of rotatable bonds is 5. The first-order chi connectivity index (χ1) is 9.69. The standard InChI is InChI=1S/C15H14ClNO3/c1-19-15(18)12-5-6-14(17-8-12)10-20-9-11-3-2-4-13(16)7-11/h2-8H,9-10H2,1H3. The predicted octanol–water partition coefficient (Wildman–Crippen LogP) is 3.24. The molecular weight excluding hydrogens is 278 g/mol. The number of esters is 1. The Kier molecular flexibility index (Phi) is 5.09. The highest BCUT2D eigenvalue weighted by Crippen LogP contribution is 2.12. The van der Waals surface area contributed by atoms with Crippen LogP contribution in [0, 0.1) is 0 Å². The summed E-state index contributed by atoms with van der Waals surface area (Å²) in [5.74, 6) is -0.399. The van der Waals surface area contributed by atoms with Crippen molar-refractivity contribution in [3.63, 3.8) is 0 Å². The molecule has 2 rings (SSSR count). The molecule has 0 unspecified atom stereocenters. The van der Waals surface area contributed by atoms with E-state index in [1.165, 1.54) is 13.3 Å². The van der Waals surface area contributed by atoms with E-state index in [4.69, 9.17) is 16.3 Å². The van der Waals surface area contributed by atoms with Gasteiger partial charge in [0.25, 0.3) is 0 Å². The lowest BCUT2D eigenvalue weighted by Crippen LogP contribution is -2.03. The number of carbonyl (C=O) groups excluding carboxylic acids is 1. The number of hydrogen-bond acceptors (Lipinski definition) is 4. The van der Waals surface area contributed by atoms with Crippen molar-refractivity contribution in [2.75, 3.05) is 7.11 Å². The Morgan fingerprint density at radius 2 is 2.10 bits per heavy atom. The van der Waals surface area contributed by atoms with E-state index in [-0.39, 0.29) is 0 Å². The van der Waals surface area contributed by atoms with Crippen molar-refractivity contribution in [3.8, 4) is 0 Å². The van der Waals surface area contributed by atoms with Crippen LogP contribution in [0.1, 0.15) is 21.6 Å². The Labute approximate surface area is 122 Å². The van der Waals surface area contributed by atoms with Gasteiger partial charge in [0.1, 0.15) is 0 Å². The van der Waals surface area contributed by atoms with Crippen LogP contribution in [0.25, 0.3) is 0 Å². The Bertz CT molecular complexity index is 584. The molecule has 0 N–H and O–H groups in total. The lowest BCUT2D eigenvalue weighted by Gasteiger charge is -2.05. The Morgan fingerprint density at radius 3 is 2.75 bits per heavy atom. The number of methoxy groups -OCH3 is 1. The summed E-state index contributed by atoms with van der Waals surface area (Å²) >= 11 is 5.89. The van der Waals surface area contributed by atoms with Crippen molar-refractivity contribution >= 4 is 17.6 Å². The quantitative estimate of drug-likeness (QED) is 0.794. The van der Waals surface area contributed by atoms with Crippen LogP contribution in [0.5, 0.6) is 0 Å². The molecule has 20 heavy (non-hydrogen) atoms. The maximum Gasteiger partial charge on any atom is 0.339 e. The molecule has 0 radical (unpaired) electrons. The summed E-state index contributed by atoms with van der Waals surface area (Å²) in [6.07, 6.45) is 1.48. The molecule has 0 amide bonds. The van der Waals surface area contributed by atoms with Crippen LogP contribution >= 0.6 is 11.6 Å². The van der Waals surface area contributed by atoms with E-state index < -0.39 is 5.97 Å². The van der Waals surface area contributed by atoms with E-state index in [1.807, 2.05) is 24.3 Å². The number of aromatic nitrogens is 1. The maximum absolute atomic E-state index is 11.2. The molecule has 1 aromatic carbocycles. The van der Waals surface area contributed by atoms with Gasteiger partial charge in [-0.1, -0.05) is 23.7 Å². The second-order valence-corrected chi connectivity index (χ2v) is 4.59. The van der Waals surface area contributed by atoms with E-state index in [0.29, 0.717) is 23.8 Å². The fraction of sp³-hybridized carbons (Fsp3) is 0.200. The van der Waals surface area contributed by atoms with Crippen LogP contribution < -0.4 is 0 Å². The minimum atomic E-state index is -0.399. The Hall–Kier alpha value is -1.91. The van der Waals surface area contributed by atoms with E-state index >= 15 is 0 Å². The summed E-state index contributed by atoms with van der Waals surface area (Å²) in [6, 6.07) is 10.9. The molecule has 5 heteroatoms. The summed E-state index contributed by atoms with van der Waals surface area (Å²) in [7, 11) is 1.34. The minimum absolute atomic E-state index is 0.369. The average Bonchev–Trinajstić information content (AvgIpc) is 2.47. The predicted molar refractivity (Wildman–Crippen MR) is 75.5 cm³/mol. The first kappa shape index (κ1) is 14.5. The lowest BCUT2D eigenvalue weighted by molar-refractivity contribution is 0.0600. The van der Waals surface area contributed by atoms with Crippen LogP contribution in [-0.2, 0) is 22.7 Å². The molecule has 1 aromatic heterocycles. The highest BCUT2D eigenvalue weighted by molar-refractivity contribution is 6.30. The van der Waals surface area contributed by atoms with Crippen molar-refractivity contribution in [1.29, 1.82) is 0 Å². The third-order valence-corrected chi connectivity index (χ3v) is 2.89. The van der Waals surface area contributed by atoms with Crippen LogP contribution in [0.4, 0.5) is 0 Å². The van der Waals surface area contributed by atoms with Gasteiger partial charge in [-0.25, -0.2) is 4.79 Å². The fourth-order valence-corrected chi connectivity index (χ4v) is 1.86. The molecule has 0 aliphatic heterocycles. The van der Waals surface area contributed by atoms with Crippen molar-refractivity contribution < 1.29 is 14.3 Å². The molecule has 4 nitrogen and oxygen atoms in total. The van der Waals surface area contributed by atoms with Gasteiger partial charge in [0.2, 0.25) is 0 Å². The van der Waals surface area contributed by atoms with E-state index in [1.54, 1.807) is 12.1 Å². The number of nitrogens with zero attached hydrogens (tertiary/aromatic N) is 1. The fourth-order valence-electron chi connectivity index (χ4n) is 1.65. The number of pyridine rings is 1. The van der Waals surface area contributed by atoms with Crippen molar-refractivity contribution in [1.82, 2.24) is 4.98 Å². The molecule has 0 spiro atoms. The van der Waals surface area contributed by atoms with Crippen molar-refractivity contribution in [2.24, 2.45) is 0 Å². The normalized spacial score (nSPS) is 10.3. The first-order valence-electron chi connectivity index (χ1n) is 6.04. The third kappa shape index (κ3) is 4.05.